The van der Waals surface area contributed by atoms with Crippen LogP contribution in [0.5, 0.6) is 0 Å². The van der Waals surface area contributed by atoms with Crippen molar-refractivity contribution in [2.24, 2.45) is 0 Å². The summed E-state index contributed by atoms with van der Waals surface area (Å²) in [4.78, 5) is 29.5. The molecule has 2 aliphatic rings. The molecule has 0 unspecified atom stereocenters. The Kier molecular flexibility index (Phi) is 5.40. The second-order valence-corrected chi connectivity index (χ2v) is 7.52. The molecule has 0 aromatic heterocycles. The Bertz CT molecular complexity index is 825. The van der Waals surface area contributed by atoms with E-state index in [-0.39, 0.29) is 11.9 Å². The number of benzene rings is 1. The zero-order valence-corrected chi connectivity index (χ0v) is 16.8. The molecule has 1 N–H and O–H groups in total. The van der Waals surface area contributed by atoms with Crippen molar-refractivity contribution in [3.8, 4) is 0 Å². The first-order chi connectivity index (χ1) is 12.9. The fraction of sp³-hybridized carbons (Fsp3) is 0.455. The first-order valence-corrected chi connectivity index (χ1v) is 9.68. The Labute approximate surface area is 161 Å². The number of carbonyl (C=O) groups excluding carboxylic acids is 2. The van der Waals surface area contributed by atoms with Crippen LogP contribution in [0.25, 0.3) is 0 Å². The minimum absolute atomic E-state index is 0.0372. The normalized spacial score (nSPS) is 19.5. The minimum atomic E-state index is -0.396. The molecule has 0 bridgehead atoms. The maximum atomic E-state index is 13.2. The van der Waals surface area contributed by atoms with Crippen LogP contribution in [-0.2, 0) is 4.79 Å². The summed E-state index contributed by atoms with van der Waals surface area (Å²) in [5, 5.41) is 3.07. The van der Waals surface area contributed by atoms with Crippen molar-refractivity contribution < 1.29 is 9.59 Å². The zero-order valence-electron chi connectivity index (χ0n) is 16.8. The van der Waals surface area contributed by atoms with Crippen molar-refractivity contribution in [3.05, 3.63) is 58.3 Å². The number of hydrogen-bond donors (Lipinski definition) is 1. The van der Waals surface area contributed by atoms with E-state index in [1.165, 1.54) is 5.56 Å². The first-order valence-electron chi connectivity index (χ1n) is 9.68. The molecule has 1 aromatic carbocycles. The molecule has 144 valence electrons. The van der Waals surface area contributed by atoms with Gasteiger partial charge in [-0.3, -0.25) is 9.69 Å². The van der Waals surface area contributed by atoms with Gasteiger partial charge in [0.25, 0.3) is 5.91 Å². The number of unbranched alkanes of at least 4 members (excludes halogenated alkanes) is 1. The van der Waals surface area contributed by atoms with E-state index in [0.717, 1.165) is 41.8 Å². The molecule has 1 aromatic rings. The van der Waals surface area contributed by atoms with Crippen LogP contribution in [0.3, 0.4) is 0 Å². The molecular formula is C22H29N3O2. The number of amides is 3. The van der Waals surface area contributed by atoms with Crippen LogP contribution in [-0.4, -0.2) is 41.4 Å². The van der Waals surface area contributed by atoms with Crippen LogP contribution in [0.1, 0.15) is 48.1 Å². The van der Waals surface area contributed by atoms with E-state index >= 15 is 0 Å². The average Bonchev–Trinajstić information content (AvgIpc) is 2.95. The molecule has 5 nitrogen and oxygen atoms in total. The number of aryl methyl sites for hydroxylation is 3. The molecule has 2 heterocycles. The number of nitrogens with zero attached hydrogens (tertiary/aromatic N) is 2. The van der Waals surface area contributed by atoms with Crippen molar-refractivity contribution in [1.82, 2.24) is 15.1 Å². The van der Waals surface area contributed by atoms with Crippen LogP contribution < -0.4 is 5.32 Å². The lowest BCUT2D eigenvalue weighted by Gasteiger charge is -2.33. The van der Waals surface area contributed by atoms with Crippen LogP contribution >= 0.6 is 0 Å². The van der Waals surface area contributed by atoms with Gasteiger partial charge in [-0.15, -0.1) is 6.58 Å². The van der Waals surface area contributed by atoms with Crippen LogP contribution in [0.2, 0.25) is 0 Å². The van der Waals surface area contributed by atoms with Gasteiger partial charge < -0.3 is 10.2 Å². The van der Waals surface area contributed by atoms with Crippen LogP contribution in [0.15, 0.2) is 36.1 Å². The van der Waals surface area contributed by atoms with Gasteiger partial charge in [0, 0.05) is 13.1 Å². The summed E-state index contributed by atoms with van der Waals surface area (Å²) in [6, 6.07) is 3.67. The second-order valence-electron chi connectivity index (χ2n) is 7.52. The van der Waals surface area contributed by atoms with E-state index < -0.39 is 6.04 Å². The standard InChI is InChI=1S/C22H29N3O2/c1-6-8-10-24-13-18-19(21(24)26)20(23-22(27)25(18)9-7-2)17-12-15(4)14(3)11-16(17)5/h7,11-12,20H,2,6,8-10,13H2,1,3-5H3,(H,23,27)/t20-/m0/s1. The number of nitrogens with one attached hydrogen (secondary N) is 1. The molecule has 3 amide bonds. The highest BCUT2D eigenvalue weighted by Gasteiger charge is 2.43. The van der Waals surface area contributed by atoms with Gasteiger partial charge in [-0.2, -0.15) is 0 Å². The van der Waals surface area contributed by atoms with Crippen molar-refractivity contribution in [2.45, 2.75) is 46.6 Å². The maximum Gasteiger partial charge on any atom is 0.322 e. The summed E-state index contributed by atoms with van der Waals surface area (Å²) in [6.45, 7) is 13.7. The number of hydrogen-bond acceptors (Lipinski definition) is 2. The Morgan fingerprint density at radius 2 is 1.89 bits per heavy atom. The lowest BCUT2D eigenvalue weighted by molar-refractivity contribution is -0.125. The fourth-order valence-electron chi connectivity index (χ4n) is 3.93. The molecule has 5 heteroatoms. The maximum absolute atomic E-state index is 13.2. The van der Waals surface area contributed by atoms with E-state index in [0.29, 0.717) is 18.7 Å². The second kappa shape index (κ2) is 7.59. The third-order valence-corrected chi connectivity index (χ3v) is 5.58. The van der Waals surface area contributed by atoms with Crippen molar-refractivity contribution in [2.75, 3.05) is 19.6 Å². The highest BCUT2D eigenvalue weighted by Crippen LogP contribution is 2.38. The molecule has 27 heavy (non-hydrogen) atoms. The van der Waals surface area contributed by atoms with Crippen LogP contribution in [0.4, 0.5) is 4.79 Å². The molecule has 0 spiro atoms. The molecule has 0 fully saturated rings. The third-order valence-electron chi connectivity index (χ3n) is 5.58. The molecule has 1 atom stereocenters. The molecule has 0 saturated carbocycles. The SMILES string of the molecule is C=CCN1C(=O)N[C@@H](c2cc(C)c(C)cc2C)C2=C1CN(CCCC)C2=O. The third kappa shape index (κ3) is 3.38. The van der Waals surface area contributed by atoms with E-state index in [1.807, 2.05) is 11.8 Å². The van der Waals surface area contributed by atoms with Gasteiger partial charge in [-0.1, -0.05) is 31.6 Å². The Hall–Kier alpha value is -2.56. The van der Waals surface area contributed by atoms with Crippen molar-refractivity contribution in [3.63, 3.8) is 0 Å². The zero-order chi connectivity index (χ0) is 19.7. The Morgan fingerprint density at radius 3 is 2.56 bits per heavy atom. The average molecular weight is 367 g/mol. The van der Waals surface area contributed by atoms with E-state index in [1.54, 1.807) is 11.0 Å². The Balaban J connectivity index is 2.07. The summed E-state index contributed by atoms with van der Waals surface area (Å²) in [5.74, 6) is 0.0372. The summed E-state index contributed by atoms with van der Waals surface area (Å²) < 4.78 is 0. The molecule has 2 aliphatic heterocycles. The number of rotatable bonds is 6. The summed E-state index contributed by atoms with van der Waals surface area (Å²) in [7, 11) is 0. The van der Waals surface area contributed by atoms with Gasteiger partial charge in [0.2, 0.25) is 0 Å². The molecule has 0 aliphatic carbocycles. The molecule has 0 radical (unpaired) electrons. The smallest absolute Gasteiger partial charge is 0.322 e. The van der Waals surface area contributed by atoms with E-state index in [9.17, 15) is 9.59 Å². The monoisotopic (exact) mass is 367 g/mol. The van der Waals surface area contributed by atoms with E-state index in [4.69, 9.17) is 0 Å². The minimum Gasteiger partial charge on any atom is -0.333 e. The topological polar surface area (TPSA) is 52.7 Å². The van der Waals surface area contributed by atoms with Gasteiger partial charge in [0.15, 0.2) is 0 Å². The summed E-state index contributed by atoms with van der Waals surface area (Å²) >= 11 is 0. The molecular weight excluding hydrogens is 338 g/mol. The van der Waals surface area contributed by atoms with Gasteiger partial charge in [0.1, 0.15) is 0 Å². The highest BCUT2D eigenvalue weighted by atomic mass is 16.2. The van der Waals surface area contributed by atoms with Gasteiger partial charge in [-0.25, -0.2) is 4.79 Å². The van der Waals surface area contributed by atoms with Crippen molar-refractivity contribution in [1.29, 1.82) is 0 Å². The number of carbonyl (C=O) groups is 2. The van der Waals surface area contributed by atoms with Crippen LogP contribution in [0, 0.1) is 20.8 Å². The summed E-state index contributed by atoms with van der Waals surface area (Å²) in [6.07, 6.45) is 3.69. The van der Waals surface area contributed by atoms with Gasteiger partial charge >= 0.3 is 6.03 Å². The number of urea groups is 1. The van der Waals surface area contributed by atoms with Crippen molar-refractivity contribution >= 4 is 11.9 Å². The quantitative estimate of drug-likeness (QED) is 0.779. The van der Waals surface area contributed by atoms with Gasteiger partial charge in [0.05, 0.1) is 23.9 Å². The lowest BCUT2D eigenvalue weighted by atomic mass is 9.90. The predicted molar refractivity (Wildman–Crippen MR) is 107 cm³/mol. The fourth-order valence-corrected chi connectivity index (χ4v) is 3.93. The first kappa shape index (κ1) is 19.2. The summed E-state index contributed by atoms with van der Waals surface area (Å²) in [5.41, 5.74) is 5.99. The largest absolute Gasteiger partial charge is 0.333 e. The Morgan fingerprint density at radius 1 is 1.19 bits per heavy atom. The molecule has 3 rings (SSSR count). The lowest BCUT2D eigenvalue weighted by Crippen LogP contribution is -2.47. The molecule has 0 saturated heterocycles. The highest BCUT2D eigenvalue weighted by molar-refractivity contribution is 6.01. The van der Waals surface area contributed by atoms with Gasteiger partial charge in [-0.05, 0) is 49.4 Å². The predicted octanol–water partition coefficient (Wildman–Crippen LogP) is 3.76. The van der Waals surface area contributed by atoms with E-state index in [2.05, 4.69) is 44.8 Å².